The molecule has 1 aliphatic carbocycles. The molecule has 156 valence electrons. The van der Waals surface area contributed by atoms with E-state index < -0.39 is 0 Å². The number of anilines is 1. The minimum atomic E-state index is 0.198. The zero-order valence-electron chi connectivity index (χ0n) is 16.8. The number of piperidine rings is 2. The largest absolute Gasteiger partial charge is 0.473 e. The van der Waals surface area contributed by atoms with E-state index in [9.17, 15) is 0 Å². The van der Waals surface area contributed by atoms with E-state index in [1.54, 1.807) is 18.6 Å². The van der Waals surface area contributed by atoms with E-state index in [1.165, 1.54) is 32.1 Å². The Bertz CT molecular complexity index is 865. The summed E-state index contributed by atoms with van der Waals surface area (Å²) in [5.74, 6) is 1.71. The monoisotopic (exact) mass is 415 g/mol. The van der Waals surface area contributed by atoms with Crippen molar-refractivity contribution in [3.8, 4) is 5.88 Å². The Labute approximate surface area is 176 Å². The second-order valence-corrected chi connectivity index (χ2v) is 8.72. The van der Waals surface area contributed by atoms with Gasteiger partial charge in [0.15, 0.2) is 0 Å². The van der Waals surface area contributed by atoms with E-state index in [0.29, 0.717) is 11.9 Å². The second kappa shape index (κ2) is 8.39. The first kappa shape index (κ1) is 19.0. The predicted molar refractivity (Wildman–Crippen MR) is 113 cm³/mol. The molecule has 0 amide bonds. The van der Waals surface area contributed by atoms with Crippen LogP contribution < -0.4 is 9.64 Å². The third-order valence-corrected chi connectivity index (χ3v) is 6.51. The predicted octanol–water partition coefficient (Wildman–Crippen LogP) is 3.03. The van der Waals surface area contributed by atoms with Gasteiger partial charge in [0.2, 0.25) is 16.6 Å². The Morgan fingerprint density at radius 1 is 1.00 bits per heavy atom. The van der Waals surface area contributed by atoms with E-state index in [-0.39, 0.29) is 6.10 Å². The van der Waals surface area contributed by atoms with E-state index >= 15 is 0 Å². The molecule has 2 saturated heterocycles. The second-order valence-electron chi connectivity index (χ2n) is 8.35. The van der Waals surface area contributed by atoms with Crippen LogP contribution in [0.2, 0.25) is 0 Å². The molecule has 1 saturated carbocycles. The number of rotatable bonds is 6. The third kappa shape index (κ3) is 4.30. The molecule has 3 fully saturated rings. The molecule has 0 aromatic carbocycles. The van der Waals surface area contributed by atoms with Gasteiger partial charge in [0.25, 0.3) is 0 Å². The third-order valence-electron chi connectivity index (χ3n) is 6.10. The Balaban J connectivity index is 1.23. The average molecular weight is 416 g/mol. The fraction of sp³-hybridized carbons (Fsp3) is 0.700. The van der Waals surface area contributed by atoms with Gasteiger partial charge in [0.05, 0.1) is 12.9 Å². The smallest absolute Gasteiger partial charge is 0.232 e. The van der Waals surface area contributed by atoms with Gasteiger partial charge in [-0.3, -0.25) is 14.5 Å². The van der Waals surface area contributed by atoms with E-state index in [1.807, 2.05) is 4.68 Å². The zero-order valence-corrected chi connectivity index (χ0v) is 17.6. The molecule has 5 rings (SSSR count). The van der Waals surface area contributed by atoms with Crippen LogP contribution in [0.3, 0.4) is 0 Å². The summed E-state index contributed by atoms with van der Waals surface area (Å²) in [6.45, 7) is 4.91. The van der Waals surface area contributed by atoms with Crippen molar-refractivity contribution >= 4 is 18.2 Å². The normalized spacial score (nSPS) is 21.4. The van der Waals surface area contributed by atoms with Crippen molar-refractivity contribution in [1.82, 2.24) is 29.2 Å². The van der Waals surface area contributed by atoms with Gasteiger partial charge in [-0.05, 0) is 57.2 Å². The molecular weight excluding hydrogens is 386 g/mol. The van der Waals surface area contributed by atoms with Gasteiger partial charge in [0, 0.05) is 44.6 Å². The van der Waals surface area contributed by atoms with Crippen molar-refractivity contribution < 1.29 is 4.74 Å². The maximum Gasteiger partial charge on any atom is 0.232 e. The first-order chi connectivity index (χ1) is 14.3. The Hall–Kier alpha value is -2.00. The van der Waals surface area contributed by atoms with Gasteiger partial charge < -0.3 is 9.64 Å². The molecule has 2 aromatic rings. The van der Waals surface area contributed by atoms with Crippen LogP contribution in [0, 0.1) is 4.77 Å². The SMILES string of the molecule is S=c1n(CN2CCC(Oc3cnccn3)CC2)nc(N2CCCCC2)n1C1CC1. The van der Waals surface area contributed by atoms with Crippen LogP contribution in [0.15, 0.2) is 18.6 Å². The lowest BCUT2D eigenvalue weighted by Crippen LogP contribution is -2.39. The number of hydrogen-bond acceptors (Lipinski definition) is 7. The highest BCUT2D eigenvalue weighted by molar-refractivity contribution is 7.71. The lowest BCUT2D eigenvalue weighted by molar-refractivity contribution is 0.0769. The lowest BCUT2D eigenvalue weighted by atomic mass is 10.1. The van der Waals surface area contributed by atoms with E-state index in [0.717, 1.165) is 56.4 Å². The molecule has 2 aliphatic heterocycles. The number of hydrogen-bond donors (Lipinski definition) is 0. The van der Waals surface area contributed by atoms with Crippen LogP contribution in [-0.4, -0.2) is 61.5 Å². The topological polar surface area (TPSA) is 64.2 Å². The molecule has 0 spiro atoms. The molecule has 0 N–H and O–H groups in total. The van der Waals surface area contributed by atoms with E-state index in [4.69, 9.17) is 22.1 Å². The van der Waals surface area contributed by atoms with Gasteiger partial charge in [-0.25, -0.2) is 9.67 Å². The molecular formula is C20H29N7OS. The van der Waals surface area contributed by atoms with Gasteiger partial charge in [-0.2, -0.15) is 0 Å². The van der Waals surface area contributed by atoms with Crippen molar-refractivity contribution in [3.05, 3.63) is 23.4 Å². The maximum atomic E-state index is 5.97. The molecule has 3 aliphatic rings. The molecule has 29 heavy (non-hydrogen) atoms. The fourth-order valence-electron chi connectivity index (χ4n) is 4.34. The Morgan fingerprint density at radius 2 is 1.79 bits per heavy atom. The number of likely N-dealkylation sites (tertiary alicyclic amines) is 1. The van der Waals surface area contributed by atoms with Crippen LogP contribution in [0.5, 0.6) is 5.88 Å². The van der Waals surface area contributed by atoms with Crippen LogP contribution >= 0.6 is 12.2 Å². The van der Waals surface area contributed by atoms with Crippen molar-refractivity contribution in [3.63, 3.8) is 0 Å². The summed E-state index contributed by atoms with van der Waals surface area (Å²) in [6.07, 6.45) is 13.5. The van der Waals surface area contributed by atoms with Crippen LogP contribution in [0.25, 0.3) is 0 Å². The summed E-state index contributed by atoms with van der Waals surface area (Å²) in [5.41, 5.74) is 0. The van der Waals surface area contributed by atoms with Crippen molar-refractivity contribution in [1.29, 1.82) is 0 Å². The minimum absolute atomic E-state index is 0.198. The molecule has 8 nitrogen and oxygen atoms in total. The molecule has 2 aromatic heterocycles. The van der Waals surface area contributed by atoms with Crippen LogP contribution in [0.1, 0.15) is 51.0 Å². The molecule has 0 unspecified atom stereocenters. The average Bonchev–Trinajstić information content (AvgIpc) is 3.55. The summed E-state index contributed by atoms with van der Waals surface area (Å²) >= 11 is 5.85. The summed E-state index contributed by atoms with van der Waals surface area (Å²) in [5, 5.41) is 4.99. The fourth-order valence-corrected chi connectivity index (χ4v) is 4.67. The standard InChI is InChI=1S/C20H29N7OS/c29-20-26(23-19(27(20)16-4-5-16)25-10-2-1-3-11-25)15-24-12-6-17(7-13-24)28-18-14-21-8-9-22-18/h8-9,14,16-17H,1-7,10-13,15H2. The highest BCUT2D eigenvalue weighted by Gasteiger charge is 2.31. The van der Waals surface area contributed by atoms with Crippen molar-refractivity contribution in [2.24, 2.45) is 0 Å². The van der Waals surface area contributed by atoms with Gasteiger partial charge in [0.1, 0.15) is 6.10 Å². The molecule has 0 bridgehead atoms. The molecule has 9 heteroatoms. The molecule has 4 heterocycles. The molecule has 0 radical (unpaired) electrons. The quantitative estimate of drug-likeness (QED) is 0.672. The molecule has 0 atom stereocenters. The number of nitrogens with zero attached hydrogens (tertiary/aromatic N) is 7. The first-order valence-electron chi connectivity index (χ1n) is 10.9. The Kier molecular flexibility index (Phi) is 5.50. The van der Waals surface area contributed by atoms with Crippen molar-refractivity contribution in [2.75, 3.05) is 31.1 Å². The summed E-state index contributed by atoms with van der Waals surface area (Å²) in [4.78, 5) is 13.2. The highest BCUT2D eigenvalue weighted by atomic mass is 32.1. The van der Waals surface area contributed by atoms with Crippen molar-refractivity contribution in [2.45, 2.75) is 63.8 Å². The summed E-state index contributed by atoms with van der Waals surface area (Å²) in [6, 6.07) is 0.555. The Morgan fingerprint density at radius 3 is 2.48 bits per heavy atom. The zero-order chi connectivity index (χ0) is 19.6. The number of aromatic nitrogens is 5. The van der Waals surface area contributed by atoms with Crippen LogP contribution in [-0.2, 0) is 6.67 Å². The van der Waals surface area contributed by atoms with Gasteiger partial charge >= 0.3 is 0 Å². The van der Waals surface area contributed by atoms with E-state index in [2.05, 4.69) is 24.3 Å². The lowest BCUT2D eigenvalue weighted by Gasteiger charge is -2.31. The summed E-state index contributed by atoms with van der Waals surface area (Å²) < 4.78 is 11.2. The first-order valence-corrected chi connectivity index (χ1v) is 11.3. The van der Waals surface area contributed by atoms with Crippen LogP contribution in [0.4, 0.5) is 5.95 Å². The number of ether oxygens (including phenoxy) is 1. The minimum Gasteiger partial charge on any atom is -0.473 e. The summed E-state index contributed by atoms with van der Waals surface area (Å²) in [7, 11) is 0. The maximum absolute atomic E-state index is 5.97. The highest BCUT2D eigenvalue weighted by Crippen LogP contribution is 2.38. The van der Waals surface area contributed by atoms with Gasteiger partial charge in [-0.15, -0.1) is 5.10 Å². The van der Waals surface area contributed by atoms with Gasteiger partial charge in [-0.1, -0.05) is 0 Å².